The highest BCUT2D eigenvalue weighted by Crippen LogP contribution is 2.59. The van der Waals surface area contributed by atoms with Crippen LogP contribution in [0.4, 0.5) is 5.13 Å². The topological polar surface area (TPSA) is 42.0 Å². The second-order valence-electron chi connectivity index (χ2n) is 6.79. The SMILES string of the molecule is Cc1ccc(C2(c3ccc(C)cc3)C[C@H]2C(=O)Nc2nccs2)cc1. The van der Waals surface area contributed by atoms with Crippen molar-refractivity contribution in [1.29, 1.82) is 0 Å². The van der Waals surface area contributed by atoms with Crippen molar-refractivity contribution in [3.8, 4) is 0 Å². The van der Waals surface area contributed by atoms with E-state index in [1.165, 1.54) is 33.6 Å². The molecule has 4 heteroatoms. The Morgan fingerprint density at radius 1 is 1.04 bits per heavy atom. The normalized spacial score (nSPS) is 17.9. The van der Waals surface area contributed by atoms with E-state index in [1.54, 1.807) is 6.20 Å². The van der Waals surface area contributed by atoms with Crippen molar-refractivity contribution in [2.45, 2.75) is 25.7 Å². The summed E-state index contributed by atoms with van der Waals surface area (Å²) in [7, 11) is 0. The molecule has 1 amide bonds. The number of aromatic nitrogens is 1. The van der Waals surface area contributed by atoms with Crippen LogP contribution >= 0.6 is 11.3 Å². The zero-order valence-electron chi connectivity index (χ0n) is 14.3. The lowest BCUT2D eigenvalue weighted by atomic mass is 9.85. The predicted molar refractivity (Wildman–Crippen MR) is 102 cm³/mol. The molecular weight excluding hydrogens is 328 g/mol. The van der Waals surface area contributed by atoms with E-state index in [0.717, 1.165) is 6.42 Å². The molecule has 0 saturated heterocycles. The van der Waals surface area contributed by atoms with Gasteiger partial charge in [-0.05, 0) is 31.4 Å². The molecule has 1 aliphatic rings. The monoisotopic (exact) mass is 348 g/mol. The van der Waals surface area contributed by atoms with Crippen LogP contribution in [0.2, 0.25) is 0 Å². The molecule has 2 aromatic carbocycles. The zero-order chi connectivity index (χ0) is 17.4. The fourth-order valence-electron chi connectivity index (χ4n) is 3.56. The van der Waals surface area contributed by atoms with E-state index in [1.807, 2.05) is 5.38 Å². The Morgan fingerprint density at radius 3 is 2.08 bits per heavy atom. The van der Waals surface area contributed by atoms with Gasteiger partial charge in [0, 0.05) is 17.0 Å². The van der Waals surface area contributed by atoms with Gasteiger partial charge in [0.15, 0.2) is 5.13 Å². The minimum atomic E-state index is -0.233. The summed E-state index contributed by atoms with van der Waals surface area (Å²) in [5, 5.41) is 5.51. The van der Waals surface area contributed by atoms with Gasteiger partial charge in [-0.1, -0.05) is 59.7 Å². The first-order chi connectivity index (χ1) is 12.1. The maximum atomic E-state index is 12.8. The van der Waals surface area contributed by atoms with Crippen LogP contribution in [0.25, 0.3) is 0 Å². The Bertz CT molecular complexity index is 837. The number of hydrogen-bond donors (Lipinski definition) is 1. The Morgan fingerprint density at radius 2 is 1.60 bits per heavy atom. The van der Waals surface area contributed by atoms with Gasteiger partial charge >= 0.3 is 0 Å². The van der Waals surface area contributed by atoms with E-state index in [2.05, 4.69) is 72.7 Å². The highest BCUT2D eigenvalue weighted by molar-refractivity contribution is 7.13. The number of hydrogen-bond acceptors (Lipinski definition) is 3. The summed E-state index contributed by atoms with van der Waals surface area (Å²) in [4.78, 5) is 17.0. The van der Waals surface area contributed by atoms with E-state index in [-0.39, 0.29) is 17.2 Å². The molecular formula is C21H20N2OS. The number of aryl methyl sites for hydroxylation is 2. The largest absolute Gasteiger partial charge is 0.302 e. The Labute approximate surface area is 151 Å². The van der Waals surface area contributed by atoms with Crippen molar-refractivity contribution in [3.05, 3.63) is 82.4 Å². The zero-order valence-corrected chi connectivity index (χ0v) is 15.1. The highest BCUT2D eigenvalue weighted by Gasteiger charge is 2.60. The number of anilines is 1. The van der Waals surface area contributed by atoms with Crippen molar-refractivity contribution in [3.63, 3.8) is 0 Å². The molecule has 0 radical (unpaired) electrons. The Balaban J connectivity index is 1.70. The van der Waals surface area contributed by atoms with E-state index >= 15 is 0 Å². The van der Waals surface area contributed by atoms with Crippen molar-refractivity contribution in [1.82, 2.24) is 4.98 Å². The van der Waals surface area contributed by atoms with Gasteiger partial charge in [-0.25, -0.2) is 4.98 Å². The number of nitrogens with zero attached hydrogens (tertiary/aromatic N) is 1. The molecule has 0 spiro atoms. The van der Waals surface area contributed by atoms with Gasteiger partial charge in [-0.3, -0.25) is 4.79 Å². The van der Waals surface area contributed by atoms with Gasteiger partial charge in [0.05, 0.1) is 5.92 Å². The van der Waals surface area contributed by atoms with Crippen molar-refractivity contribution < 1.29 is 4.79 Å². The molecule has 3 nitrogen and oxygen atoms in total. The lowest BCUT2D eigenvalue weighted by Gasteiger charge is -2.19. The molecule has 126 valence electrons. The van der Waals surface area contributed by atoms with Gasteiger partial charge in [0.2, 0.25) is 5.91 Å². The Hall–Kier alpha value is -2.46. The maximum absolute atomic E-state index is 12.8. The first-order valence-electron chi connectivity index (χ1n) is 8.44. The second kappa shape index (κ2) is 6.12. The molecule has 1 atom stereocenters. The number of nitrogens with one attached hydrogen (secondary N) is 1. The van der Waals surface area contributed by atoms with Gasteiger partial charge in [-0.15, -0.1) is 11.3 Å². The summed E-state index contributed by atoms with van der Waals surface area (Å²) < 4.78 is 0. The van der Waals surface area contributed by atoms with Crippen LogP contribution in [0, 0.1) is 19.8 Å². The summed E-state index contributed by atoms with van der Waals surface area (Å²) in [6, 6.07) is 17.1. The van der Waals surface area contributed by atoms with Crippen LogP contribution < -0.4 is 5.32 Å². The van der Waals surface area contributed by atoms with E-state index < -0.39 is 0 Å². The molecule has 1 aliphatic carbocycles. The maximum Gasteiger partial charge on any atom is 0.230 e. The number of carbonyl (C=O) groups excluding carboxylic acids is 1. The number of amides is 1. The van der Waals surface area contributed by atoms with Crippen LogP contribution in [-0.4, -0.2) is 10.9 Å². The molecule has 0 unspecified atom stereocenters. The molecule has 0 aliphatic heterocycles. The van der Waals surface area contributed by atoms with Crippen LogP contribution in [0.1, 0.15) is 28.7 Å². The van der Waals surface area contributed by atoms with E-state index in [9.17, 15) is 4.79 Å². The van der Waals surface area contributed by atoms with Gasteiger partial charge in [-0.2, -0.15) is 0 Å². The Kier molecular flexibility index (Phi) is 3.92. The van der Waals surface area contributed by atoms with Crippen molar-refractivity contribution >= 4 is 22.4 Å². The molecule has 0 bridgehead atoms. The average molecular weight is 348 g/mol. The summed E-state index contributed by atoms with van der Waals surface area (Å²) >= 11 is 1.45. The molecule has 1 fully saturated rings. The minimum absolute atomic E-state index is 0.0519. The smallest absolute Gasteiger partial charge is 0.230 e. The first-order valence-corrected chi connectivity index (χ1v) is 9.32. The highest BCUT2D eigenvalue weighted by atomic mass is 32.1. The summed E-state index contributed by atoms with van der Waals surface area (Å²) in [6.45, 7) is 4.17. The molecule has 4 rings (SSSR count). The molecule has 3 aromatic rings. The average Bonchev–Trinajstić information content (AvgIpc) is 3.17. The van der Waals surface area contributed by atoms with Gasteiger partial charge in [0.25, 0.3) is 0 Å². The lowest BCUT2D eigenvalue weighted by molar-refractivity contribution is -0.117. The fraction of sp³-hybridized carbons (Fsp3) is 0.238. The quantitative estimate of drug-likeness (QED) is 0.742. The van der Waals surface area contributed by atoms with Gasteiger partial charge in [0.1, 0.15) is 0 Å². The van der Waals surface area contributed by atoms with Crippen LogP contribution in [0.3, 0.4) is 0 Å². The number of carbonyl (C=O) groups is 1. The predicted octanol–water partition coefficient (Wildman–Crippen LogP) is 4.70. The van der Waals surface area contributed by atoms with Crippen LogP contribution in [0.5, 0.6) is 0 Å². The lowest BCUT2D eigenvalue weighted by Crippen LogP contribution is -2.22. The number of thiazole rings is 1. The van der Waals surface area contributed by atoms with E-state index in [4.69, 9.17) is 0 Å². The number of benzene rings is 2. The second-order valence-corrected chi connectivity index (χ2v) is 7.68. The third-order valence-electron chi connectivity index (χ3n) is 5.07. The summed E-state index contributed by atoms with van der Waals surface area (Å²) in [5.41, 5.74) is 4.64. The third-order valence-corrected chi connectivity index (χ3v) is 5.76. The fourth-order valence-corrected chi connectivity index (χ4v) is 4.10. The molecule has 25 heavy (non-hydrogen) atoms. The third kappa shape index (κ3) is 2.87. The molecule has 1 saturated carbocycles. The van der Waals surface area contributed by atoms with Crippen molar-refractivity contribution in [2.75, 3.05) is 5.32 Å². The minimum Gasteiger partial charge on any atom is -0.302 e. The van der Waals surface area contributed by atoms with Gasteiger partial charge < -0.3 is 5.32 Å². The molecule has 1 aromatic heterocycles. The van der Waals surface area contributed by atoms with E-state index in [0.29, 0.717) is 5.13 Å². The molecule has 1 N–H and O–H groups in total. The van der Waals surface area contributed by atoms with Crippen LogP contribution in [-0.2, 0) is 10.2 Å². The van der Waals surface area contributed by atoms with Crippen molar-refractivity contribution in [2.24, 2.45) is 5.92 Å². The summed E-state index contributed by atoms with van der Waals surface area (Å²) in [6.07, 6.45) is 2.54. The number of rotatable bonds is 4. The summed E-state index contributed by atoms with van der Waals surface area (Å²) in [5.74, 6) is -0.0158. The van der Waals surface area contributed by atoms with Crippen LogP contribution in [0.15, 0.2) is 60.1 Å². The first kappa shape index (κ1) is 16.0. The standard InChI is InChI=1S/C21H20N2OS/c1-14-3-7-16(8-4-14)21(17-9-5-15(2)6-10-17)13-18(21)19(24)23-20-22-11-12-25-20/h3-12,18H,13H2,1-2H3,(H,22,23,24)/t18-/m0/s1. The molecule has 1 heterocycles.